The Bertz CT molecular complexity index is 290. The van der Waals surface area contributed by atoms with Gasteiger partial charge in [-0.3, -0.25) is 4.90 Å². The zero-order chi connectivity index (χ0) is 11.9. The van der Waals surface area contributed by atoms with Gasteiger partial charge in [0.05, 0.1) is 6.33 Å². The summed E-state index contributed by atoms with van der Waals surface area (Å²) in [7, 11) is 0. The van der Waals surface area contributed by atoms with Crippen LogP contribution in [-0.4, -0.2) is 46.7 Å². The van der Waals surface area contributed by atoms with Gasteiger partial charge in [-0.15, -0.1) is 0 Å². The molecule has 1 fully saturated rings. The fourth-order valence-electron chi connectivity index (χ4n) is 2.62. The van der Waals surface area contributed by atoms with Gasteiger partial charge in [0.15, 0.2) is 0 Å². The third kappa shape index (κ3) is 3.82. The molecule has 4 heteroatoms. The van der Waals surface area contributed by atoms with Crippen molar-refractivity contribution in [3.05, 3.63) is 18.7 Å². The highest BCUT2D eigenvalue weighted by molar-refractivity contribution is 4.78. The number of hydrogen-bond donors (Lipinski definition) is 1. The van der Waals surface area contributed by atoms with Gasteiger partial charge in [-0.1, -0.05) is 6.92 Å². The molecule has 0 amide bonds. The number of piperidine rings is 1. The van der Waals surface area contributed by atoms with Crippen molar-refractivity contribution in [3.8, 4) is 0 Å². The van der Waals surface area contributed by atoms with Crippen LogP contribution < -0.4 is 5.32 Å². The molecule has 17 heavy (non-hydrogen) atoms. The normalized spacial score (nSPS) is 20.9. The number of nitrogens with one attached hydrogen (secondary N) is 1. The predicted molar refractivity (Wildman–Crippen MR) is 70.0 cm³/mol. The molecule has 0 aliphatic carbocycles. The first-order chi connectivity index (χ1) is 8.40. The van der Waals surface area contributed by atoms with E-state index in [0.717, 1.165) is 19.1 Å². The van der Waals surface area contributed by atoms with E-state index in [1.165, 1.54) is 38.9 Å². The van der Waals surface area contributed by atoms with Gasteiger partial charge in [0.1, 0.15) is 0 Å². The largest absolute Gasteiger partial charge is 0.337 e. The van der Waals surface area contributed by atoms with Crippen molar-refractivity contribution >= 4 is 0 Å². The topological polar surface area (TPSA) is 33.1 Å². The summed E-state index contributed by atoms with van der Waals surface area (Å²) >= 11 is 0. The Labute approximate surface area is 104 Å². The molecule has 2 heterocycles. The van der Waals surface area contributed by atoms with Crippen LogP contribution >= 0.6 is 0 Å². The summed E-state index contributed by atoms with van der Waals surface area (Å²) < 4.78 is 2.16. The molecule has 1 aliphatic heterocycles. The number of imidazole rings is 1. The van der Waals surface area contributed by atoms with E-state index in [-0.39, 0.29) is 0 Å². The van der Waals surface area contributed by atoms with Crippen molar-refractivity contribution in [1.82, 2.24) is 19.8 Å². The van der Waals surface area contributed by atoms with Gasteiger partial charge in [0.2, 0.25) is 0 Å². The van der Waals surface area contributed by atoms with Crippen LogP contribution in [0.25, 0.3) is 0 Å². The molecule has 1 saturated heterocycles. The molecule has 1 aromatic rings. The average molecular weight is 236 g/mol. The van der Waals surface area contributed by atoms with Gasteiger partial charge in [0, 0.05) is 38.1 Å². The monoisotopic (exact) mass is 236 g/mol. The van der Waals surface area contributed by atoms with E-state index in [0.29, 0.717) is 0 Å². The minimum atomic E-state index is 0.747. The lowest BCUT2D eigenvalue weighted by Crippen LogP contribution is -2.46. The van der Waals surface area contributed by atoms with Crippen molar-refractivity contribution in [3.63, 3.8) is 0 Å². The fraction of sp³-hybridized carbons (Fsp3) is 0.769. The van der Waals surface area contributed by atoms with Gasteiger partial charge in [-0.05, 0) is 32.4 Å². The zero-order valence-electron chi connectivity index (χ0n) is 10.8. The van der Waals surface area contributed by atoms with Crippen LogP contribution in [0.2, 0.25) is 0 Å². The third-order valence-corrected chi connectivity index (χ3v) is 3.61. The second-order valence-corrected chi connectivity index (χ2v) is 4.78. The van der Waals surface area contributed by atoms with E-state index in [9.17, 15) is 0 Å². The van der Waals surface area contributed by atoms with Crippen molar-refractivity contribution < 1.29 is 0 Å². The van der Waals surface area contributed by atoms with Crippen molar-refractivity contribution in [2.24, 2.45) is 0 Å². The highest BCUT2D eigenvalue weighted by Crippen LogP contribution is 2.10. The second-order valence-electron chi connectivity index (χ2n) is 4.78. The minimum Gasteiger partial charge on any atom is -0.337 e. The summed E-state index contributed by atoms with van der Waals surface area (Å²) in [5.74, 6) is 0. The smallest absolute Gasteiger partial charge is 0.0945 e. The van der Waals surface area contributed by atoms with Gasteiger partial charge in [-0.25, -0.2) is 4.98 Å². The molecule has 1 N–H and O–H groups in total. The standard InChI is InChI=1S/C13H24N4/c1-2-17(13-5-3-6-14-11-13)9-4-8-16-10-7-15-12-16/h7,10,12-14H,2-6,8-9,11H2,1H3. The number of rotatable bonds is 6. The van der Waals surface area contributed by atoms with Gasteiger partial charge in [0.25, 0.3) is 0 Å². The maximum absolute atomic E-state index is 4.07. The Kier molecular flexibility index (Phi) is 5.01. The molecule has 0 aromatic carbocycles. The second kappa shape index (κ2) is 6.77. The number of hydrogen-bond acceptors (Lipinski definition) is 3. The van der Waals surface area contributed by atoms with E-state index < -0.39 is 0 Å². The first-order valence-corrected chi connectivity index (χ1v) is 6.80. The summed E-state index contributed by atoms with van der Waals surface area (Å²) in [5.41, 5.74) is 0. The van der Waals surface area contributed by atoms with E-state index in [1.807, 2.05) is 18.7 Å². The number of aryl methyl sites for hydroxylation is 1. The van der Waals surface area contributed by atoms with Crippen LogP contribution in [0.3, 0.4) is 0 Å². The maximum Gasteiger partial charge on any atom is 0.0945 e. The molecular formula is C13H24N4. The Morgan fingerprint density at radius 2 is 2.47 bits per heavy atom. The SMILES string of the molecule is CCN(CCCn1ccnc1)C1CCCNC1. The van der Waals surface area contributed by atoms with Crippen molar-refractivity contribution in [2.45, 2.75) is 38.8 Å². The molecule has 0 saturated carbocycles. The maximum atomic E-state index is 4.07. The molecule has 96 valence electrons. The number of nitrogens with zero attached hydrogens (tertiary/aromatic N) is 3. The molecule has 0 spiro atoms. The molecule has 1 atom stereocenters. The summed E-state index contributed by atoms with van der Waals surface area (Å²) in [4.78, 5) is 6.68. The van der Waals surface area contributed by atoms with E-state index in [4.69, 9.17) is 0 Å². The zero-order valence-corrected chi connectivity index (χ0v) is 10.8. The van der Waals surface area contributed by atoms with Gasteiger partial charge in [-0.2, -0.15) is 0 Å². The Hall–Kier alpha value is -0.870. The Morgan fingerprint density at radius 3 is 3.12 bits per heavy atom. The van der Waals surface area contributed by atoms with Crippen LogP contribution in [0.15, 0.2) is 18.7 Å². The highest BCUT2D eigenvalue weighted by Gasteiger charge is 2.18. The summed E-state index contributed by atoms with van der Waals surface area (Å²) in [6.07, 6.45) is 9.68. The van der Waals surface area contributed by atoms with Crippen molar-refractivity contribution in [2.75, 3.05) is 26.2 Å². The molecule has 1 aromatic heterocycles. The van der Waals surface area contributed by atoms with E-state index in [1.54, 1.807) is 0 Å². The molecular weight excluding hydrogens is 212 g/mol. The van der Waals surface area contributed by atoms with Crippen LogP contribution in [0.4, 0.5) is 0 Å². The number of likely N-dealkylation sites (N-methyl/N-ethyl adjacent to an activating group) is 1. The molecule has 2 rings (SSSR count). The molecule has 1 unspecified atom stereocenters. The molecule has 0 bridgehead atoms. The lowest BCUT2D eigenvalue weighted by molar-refractivity contribution is 0.170. The lowest BCUT2D eigenvalue weighted by Gasteiger charge is -2.33. The predicted octanol–water partition coefficient (Wildman–Crippen LogP) is 1.35. The molecule has 1 aliphatic rings. The minimum absolute atomic E-state index is 0.747. The van der Waals surface area contributed by atoms with Crippen LogP contribution in [-0.2, 0) is 6.54 Å². The Balaban J connectivity index is 1.71. The Morgan fingerprint density at radius 1 is 1.53 bits per heavy atom. The quantitative estimate of drug-likeness (QED) is 0.809. The fourth-order valence-corrected chi connectivity index (χ4v) is 2.62. The van der Waals surface area contributed by atoms with Crippen molar-refractivity contribution in [1.29, 1.82) is 0 Å². The highest BCUT2D eigenvalue weighted by atomic mass is 15.2. The first-order valence-electron chi connectivity index (χ1n) is 6.80. The third-order valence-electron chi connectivity index (χ3n) is 3.61. The summed E-state index contributed by atoms with van der Waals surface area (Å²) in [5, 5.41) is 3.50. The van der Waals surface area contributed by atoms with E-state index >= 15 is 0 Å². The van der Waals surface area contributed by atoms with Gasteiger partial charge >= 0.3 is 0 Å². The van der Waals surface area contributed by atoms with E-state index in [2.05, 4.69) is 26.7 Å². The van der Waals surface area contributed by atoms with Crippen LogP contribution in [0.1, 0.15) is 26.2 Å². The lowest BCUT2D eigenvalue weighted by atomic mass is 10.1. The molecule has 0 radical (unpaired) electrons. The van der Waals surface area contributed by atoms with Crippen LogP contribution in [0, 0.1) is 0 Å². The average Bonchev–Trinajstić information content (AvgIpc) is 2.89. The summed E-state index contributed by atoms with van der Waals surface area (Å²) in [6, 6.07) is 0.747. The molecule has 4 nitrogen and oxygen atoms in total. The first kappa shape index (κ1) is 12.6. The van der Waals surface area contributed by atoms with Gasteiger partial charge < -0.3 is 9.88 Å². The summed E-state index contributed by atoms with van der Waals surface area (Å²) in [6.45, 7) is 8.07. The number of aromatic nitrogens is 2. The van der Waals surface area contributed by atoms with Crippen LogP contribution in [0.5, 0.6) is 0 Å².